The molecule has 1 N–H and O–H groups in total. The normalized spacial score (nSPS) is 11.2. The fraction of sp³-hybridized carbons (Fsp3) is 0.0667. The Morgan fingerprint density at radius 2 is 1.29 bits per heavy atom. The van der Waals surface area contributed by atoms with Crippen molar-refractivity contribution in [1.82, 2.24) is 0 Å². The van der Waals surface area contributed by atoms with Crippen LogP contribution >= 0.6 is 0 Å². The molecule has 2 heteroatoms. The van der Waals surface area contributed by atoms with E-state index in [1.165, 1.54) is 8.70 Å². The second-order valence-electron chi connectivity index (χ2n) is 3.61. The van der Waals surface area contributed by atoms with Crippen molar-refractivity contribution in [1.29, 1.82) is 0 Å². The van der Waals surface area contributed by atoms with E-state index in [0.717, 1.165) is 0 Å². The Balaban J connectivity index is 2.36. The Kier molecular flexibility index (Phi) is 4.61. The average molecular weight is 286 g/mol. The molecule has 0 fully saturated rings. The second-order valence-corrected chi connectivity index (χ2v) is 7.95. The van der Waals surface area contributed by atoms with E-state index in [4.69, 9.17) is 5.11 Å². The zero-order valence-corrected chi connectivity index (χ0v) is 11.4. The fourth-order valence-electron chi connectivity index (χ4n) is 1.65. The van der Waals surface area contributed by atoms with E-state index in [-0.39, 0.29) is 6.61 Å². The summed E-state index contributed by atoms with van der Waals surface area (Å²) in [5.41, 5.74) is 0. The first kappa shape index (κ1) is 12.2. The number of hydrogen-bond donors (Lipinski definition) is 1. The molecule has 0 saturated carbocycles. The SMILES string of the molecule is OCC=C[As](c1ccccc1)c1ccccc1. The third-order valence-electron chi connectivity index (χ3n) is 2.43. The van der Waals surface area contributed by atoms with Crippen LogP contribution in [0.4, 0.5) is 0 Å². The predicted octanol–water partition coefficient (Wildman–Crippen LogP) is 1.38. The second kappa shape index (κ2) is 6.44. The van der Waals surface area contributed by atoms with Crippen LogP contribution in [0.1, 0.15) is 0 Å². The van der Waals surface area contributed by atoms with E-state index < -0.39 is 14.7 Å². The number of rotatable bonds is 4. The van der Waals surface area contributed by atoms with Crippen LogP contribution in [0.5, 0.6) is 0 Å². The van der Waals surface area contributed by atoms with Crippen LogP contribution in [-0.2, 0) is 0 Å². The van der Waals surface area contributed by atoms with E-state index in [0.29, 0.717) is 0 Å². The zero-order chi connectivity index (χ0) is 11.9. The van der Waals surface area contributed by atoms with Gasteiger partial charge in [0.05, 0.1) is 0 Å². The molecule has 0 aliphatic carbocycles. The van der Waals surface area contributed by atoms with Gasteiger partial charge in [-0.2, -0.15) is 0 Å². The molecule has 0 saturated heterocycles. The molecule has 0 aliphatic rings. The van der Waals surface area contributed by atoms with Gasteiger partial charge in [-0.3, -0.25) is 0 Å². The van der Waals surface area contributed by atoms with Crippen molar-refractivity contribution in [3.05, 3.63) is 71.6 Å². The summed E-state index contributed by atoms with van der Waals surface area (Å²) in [4.78, 5) is 2.19. The Morgan fingerprint density at radius 3 is 1.71 bits per heavy atom. The first-order valence-corrected chi connectivity index (χ1v) is 8.54. The molecule has 0 radical (unpaired) electrons. The third kappa shape index (κ3) is 3.33. The van der Waals surface area contributed by atoms with Crippen LogP contribution in [0.25, 0.3) is 0 Å². The molecule has 0 atom stereocenters. The van der Waals surface area contributed by atoms with Crippen LogP contribution in [0.2, 0.25) is 0 Å². The Labute approximate surface area is 107 Å². The third-order valence-corrected chi connectivity index (χ3v) is 7.08. The minimum absolute atomic E-state index is 0.116. The molecule has 2 rings (SSSR count). The van der Waals surface area contributed by atoms with Gasteiger partial charge in [0.25, 0.3) is 0 Å². The van der Waals surface area contributed by atoms with Gasteiger partial charge < -0.3 is 0 Å². The van der Waals surface area contributed by atoms with Crippen molar-refractivity contribution in [2.75, 3.05) is 6.61 Å². The molecule has 86 valence electrons. The van der Waals surface area contributed by atoms with E-state index >= 15 is 0 Å². The molecule has 17 heavy (non-hydrogen) atoms. The maximum absolute atomic E-state index is 8.95. The molecule has 0 aromatic heterocycles. The van der Waals surface area contributed by atoms with Crippen molar-refractivity contribution < 1.29 is 5.11 Å². The maximum atomic E-state index is 8.95. The molecule has 0 aliphatic heterocycles. The van der Waals surface area contributed by atoms with Crippen molar-refractivity contribution in [3.8, 4) is 0 Å². The molecule has 0 amide bonds. The summed E-state index contributed by atoms with van der Waals surface area (Å²) in [6.45, 7) is 0.116. The van der Waals surface area contributed by atoms with Gasteiger partial charge >= 0.3 is 107 Å². The summed E-state index contributed by atoms with van der Waals surface area (Å²) in [5, 5.41) is 8.95. The summed E-state index contributed by atoms with van der Waals surface area (Å²) >= 11 is -1.38. The van der Waals surface area contributed by atoms with Crippen molar-refractivity contribution in [3.63, 3.8) is 0 Å². The number of benzene rings is 2. The van der Waals surface area contributed by atoms with Gasteiger partial charge in [0.1, 0.15) is 0 Å². The standard InChI is InChI=1S/C15H15AsO/c17-13-7-12-16(14-8-3-1-4-9-14)15-10-5-2-6-11-15/h1-12,17H,13H2. The molecule has 0 bridgehead atoms. The summed E-state index contributed by atoms with van der Waals surface area (Å²) < 4.78 is 2.77. The van der Waals surface area contributed by atoms with Crippen molar-refractivity contribution in [2.45, 2.75) is 0 Å². The first-order valence-electron chi connectivity index (χ1n) is 5.58. The zero-order valence-electron chi connectivity index (χ0n) is 9.53. The van der Waals surface area contributed by atoms with E-state index in [9.17, 15) is 0 Å². The van der Waals surface area contributed by atoms with Gasteiger partial charge in [-0.1, -0.05) is 0 Å². The Morgan fingerprint density at radius 1 is 0.824 bits per heavy atom. The number of aliphatic hydroxyl groups excluding tert-OH is 1. The molecule has 0 heterocycles. The van der Waals surface area contributed by atoms with Crippen LogP contribution in [-0.4, -0.2) is 26.4 Å². The van der Waals surface area contributed by atoms with Crippen molar-refractivity contribution in [2.24, 2.45) is 0 Å². The monoisotopic (exact) mass is 286 g/mol. The quantitative estimate of drug-likeness (QED) is 0.842. The van der Waals surface area contributed by atoms with Gasteiger partial charge in [-0.25, -0.2) is 0 Å². The summed E-state index contributed by atoms with van der Waals surface area (Å²) in [6, 6.07) is 21.1. The van der Waals surface area contributed by atoms with Crippen LogP contribution in [0.15, 0.2) is 71.6 Å². The molecule has 0 spiro atoms. The van der Waals surface area contributed by atoms with Gasteiger partial charge in [0.15, 0.2) is 0 Å². The van der Waals surface area contributed by atoms with Crippen LogP contribution in [0.3, 0.4) is 0 Å². The molecule has 1 nitrogen and oxygen atoms in total. The predicted molar refractivity (Wildman–Crippen MR) is 74.1 cm³/mol. The minimum atomic E-state index is -1.38. The summed E-state index contributed by atoms with van der Waals surface area (Å²) in [6.07, 6.45) is 1.86. The van der Waals surface area contributed by atoms with E-state index in [2.05, 4.69) is 53.4 Å². The van der Waals surface area contributed by atoms with Gasteiger partial charge in [0.2, 0.25) is 0 Å². The van der Waals surface area contributed by atoms with Crippen LogP contribution < -0.4 is 8.70 Å². The number of aliphatic hydroxyl groups is 1. The van der Waals surface area contributed by atoms with Gasteiger partial charge in [-0.15, -0.1) is 0 Å². The fourth-order valence-corrected chi connectivity index (χ4v) is 5.71. The summed E-state index contributed by atoms with van der Waals surface area (Å²) in [7, 11) is 0. The topological polar surface area (TPSA) is 20.2 Å². The molecule has 0 unspecified atom stereocenters. The molecule has 2 aromatic rings. The van der Waals surface area contributed by atoms with E-state index in [1.54, 1.807) is 0 Å². The number of hydrogen-bond acceptors (Lipinski definition) is 1. The van der Waals surface area contributed by atoms with Crippen molar-refractivity contribution >= 4 is 23.4 Å². The molecule has 2 aromatic carbocycles. The molecular weight excluding hydrogens is 271 g/mol. The average Bonchev–Trinajstić information content (AvgIpc) is 2.42. The van der Waals surface area contributed by atoms with Gasteiger partial charge in [-0.05, 0) is 0 Å². The van der Waals surface area contributed by atoms with Gasteiger partial charge in [0, 0.05) is 0 Å². The van der Waals surface area contributed by atoms with Crippen LogP contribution in [0, 0.1) is 0 Å². The Bertz CT molecular complexity index is 425. The summed E-state index contributed by atoms with van der Waals surface area (Å²) in [5.74, 6) is 0. The first-order chi connectivity index (χ1) is 8.42. The molecular formula is C15H15AsO. The van der Waals surface area contributed by atoms with E-state index in [1.807, 2.05) is 18.2 Å². The Hall–Kier alpha value is -1.30.